The third-order valence-electron chi connectivity index (χ3n) is 8.14. The summed E-state index contributed by atoms with van der Waals surface area (Å²) < 4.78 is 0. The van der Waals surface area contributed by atoms with E-state index in [-0.39, 0.29) is 18.0 Å². The van der Waals surface area contributed by atoms with Gasteiger partial charge in [-0.25, -0.2) is 0 Å². The molecule has 0 atom stereocenters. The maximum Gasteiger partial charge on any atom is 0.193 e. The molecule has 1 aliphatic carbocycles. The van der Waals surface area contributed by atoms with E-state index in [2.05, 4.69) is 86.3 Å². The summed E-state index contributed by atoms with van der Waals surface area (Å²) in [5.74, 6) is 0.754. The molecule has 0 amide bonds. The first kappa shape index (κ1) is 28.6. The molecular weight excluding hydrogens is 504 g/mol. The standard InChI is InChI=1S/C37H42N2O2/c1-5-13-26-17-11-18-27(14-6-2)34(26)38-23-24-39(35-28(15-7-3)19-12-20-29(35)16-8-4)37(38)32-25-33(40)30-21-9-10-22-31(30)36(32)41/h9-12,17-24H,5-8,13-16,25H2,1-4H3. The van der Waals surface area contributed by atoms with Crippen molar-refractivity contribution in [2.45, 2.75) is 85.5 Å². The summed E-state index contributed by atoms with van der Waals surface area (Å²) in [6.45, 7) is 8.83. The van der Waals surface area contributed by atoms with Crippen LogP contribution in [-0.4, -0.2) is 11.6 Å². The predicted octanol–water partition coefficient (Wildman–Crippen LogP) is 8.98. The lowest BCUT2D eigenvalue weighted by Crippen LogP contribution is -2.32. The number of para-hydroxylation sites is 2. The molecule has 0 bridgehead atoms. The number of aryl methyl sites for hydroxylation is 4. The number of fused-ring (bicyclic) bond motifs is 1. The van der Waals surface area contributed by atoms with Crippen LogP contribution >= 0.6 is 0 Å². The maximum absolute atomic E-state index is 14.3. The highest BCUT2D eigenvalue weighted by Crippen LogP contribution is 2.43. The zero-order valence-electron chi connectivity index (χ0n) is 25.0. The van der Waals surface area contributed by atoms with Gasteiger partial charge < -0.3 is 9.80 Å². The van der Waals surface area contributed by atoms with Crippen molar-refractivity contribution < 1.29 is 9.59 Å². The monoisotopic (exact) mass is 546 g/mol. The van der Waals surface area contributed by atoms with Crippen molar-refractivity contribution in [3.8, 4) is 0 Å². The number of ketones is 2. The SMILES string of the molecule is CCCc1cccc(CCC)c1N1C=CN(c2c(CCC)cccc2CCC)C1=C1CC(=O)c2ccccc2C1=O. The zero-order valence-corrected chi connectivity index (χ0v) is 25.0. The molecule has 1 aliphatic heterocycles. The van der Waals surface area contributed by atoms with Crippen molar-refractivity contribution in [2.24, 2.45) is 0 Å². The number of carbonyl (C=O) groups is 2. The average molecular weight is 547 g/mol. The van der Waals surface area contributed by atoms with Crippen LogP contribution in [0, 0.1) is 0 Å². The Bertz CT molecular complexity index is 1390. The van der Waals surface area contributed by atoms with Crippen molar-refractivity contribution in [3.63, 3.8) is 0 Å². The fraction of sp³-hybridized carbons (Fsp3) is 0.351. The van der Waals surface area contributed by atoms with E-state index in [4.69, 9.17) is 0 Å². The van der Waals surface area contributed by atoms with Crippen LogP contribution < -0.4 is 9.80 Å². The van der Waals surface area contributed by atoms with E-state index in [1.54, 1.807) is 12.1 Å². The summed E-state index contributed by atoms with van der Waals surface area (Å²) in [7, 11) is 0. The van der Waals surface area contributed by atoms with Crippen molar-refractivity contribution in [2.75, 3.05) is 9.80 Å². The van der Waals surface area contributed by atoms with Crippen LogP contribution in [0.1, 0.15) is 103 Å². The van der Waals surface area contributed by atoms with Crippen LogP contribution in [0.5, 0.6) is 0 Å². The smallest absolute Gasteiger partial charge is 0.193 e. The van der Waals surface area contributed by atoms with E-state index in [0.29, 0.717) is 16.7 Å². The lowest BCUT2D eigenvalue weighted by Gasteiger charge is -2.33. The number of allylic oxidation sites excluding steroid dienone is 1. The Morgan fingerprint density at radius 2 is 0.976 bits per heavy atom. The van der Waals surface area contributed by atoms with Gasteiger partial charge in [0.15, 0.2) is 11.6 Å². The Labute approximate surface area is 245 Å². The fourth-order valence-corrected chi connectivity index (χ4v) is 6.44. The summed E-state index contributed by atoms with van der Waals surface area (Å²) in [5, 5.41) is 0. The minimum absolute atomic E-state index is 0.000694. The van der Waals surface area contributed by atoms with Gasteiger partial charge in [-0.2, -0.15) is 0 Å². The molecule has 1 heterocycles. The van der Waals surface area contributed by atoms with E-state index in [9.17, 15) is 9.59 Å². The Morgan fingerprint density at radius 1 is 0.561 bits per heavy atom. The molecule has 0 radical (unpaired) electrons. The minimum atomic E-state index is -0.0519. The first-order valence-corrected chi connectivity index (χ1v) is 15.4. The normalized spacial score (nSPS) is 14.8. The summed E-state index contributed by atoms with van der Waals surface area (Å²) in [4.78, 5) is 32.2. The molecule has 2 aliphatic rings. The topological polar surface area (TPSA) is 40.6 Å². The molecule has 3 aromatic carbocycles. The average Bonchev–Trinajstić information content (AvgIpc) is 3.40. The van der Waals surface area contributed by atoms with Gasteiger partial charge in [-0.1, -0.05) is 114 Å². The van der Waals surface area contributed by atoms with Crippen molar-refractivity contribution in [1.29, 1.82) is 0 Å². The van der Waals surface area contributed by atoms with E-state index < -0.39 is 0 Å². The van der Waals surface area contributed by atoms with Gasteiger partial charge in [0.25, 0.3) is 0 Å². The highest BCUT2D eigenvalue weighted by molar-refractivity contribution is 6.23. The lowest BCUT2D eigenvalue weighted by atomic mass is 9.85. The van der Waals surface area contributed by atoms with Crippen LogP contribution in [0.15, 0.2) is 84.5 Å². The molecular formula is C37H42N2O2. The molecule has 0 saturated carbocycles. The molecule has 0 fully saturated rings. The van der Waals surface area contributed by atoms with Gasteiger partial charge in [0.05, 0.1) is 11.4 Å². The van der Waals surface area contributed by atoms with Crippen molar-refractivity contribution in [1.82, 2.24) is 0 Å². The Morgan fingerprint density at radius 3 is 1.39 bits per heavy atom. The summed E-state index contributed by atoms with van der Waals surface area (Å²) >= 11 is 0. The second-order valence-electron chi connectivity index (χ2n) is 11.2. The van der Waals surface area contributed by atoms with Crippen molar-refractivity contribution >= 4 is 22.9 Å². The molecule has 0 aromatic heterocycles. The molecule has 4 heteroatoms. The van der Waals surface area contributed by atoms with Gasteiger partial charge in [0.1, 0.15) is 5.82 Å². The quantitative estimate of drug-likeness (QED) is 0.238. The van der Waals surface area contributed by atoms with Crippen LogP contribution in [-0.2, 0) is 25.7 Å². The third-order valence-corrected chi connectivity index (χ3v) is 8.14. The number of Topliss-reactive ketones (excluding diaryl/α,β-unsaturated/α-hetero) is 2. The summed E-state index contributed by atoms with van der Waals surface area (Å²) in [6.07, 6.45) is 12.2. The minimum Gasteiger partial charge on any atom is -0.301 e. The number of rotatable bonds is 10. The van der Waals surface area contributed by atoms with E-state index in [1.165, 1.54) is 22.3 Å². The third kappa shape index (κ3) is 5.40. The summed E-state index contributed by atoms with van der Waals surface area (Å²) in [6, 6.07) is 20.5. The molecule has 212 valence electrons. The Balaban J connectivity index is 1.80. The molecule has 0 N–H and O–H groups in total. The number of anilines is 2. The van der Waals surface area contributed by atoms with E-state index in [0.717, 1.165) is 68.6 Å². The molecule has 41 heavy (non-hydrogen) atoms. The number of hydrogen-bond donors (Lipinski definition) is 0. The molecule has 0 saturated heterocycles. The molecule has 0 unspecified atom stereocenters. The molecule has 5 rings (SSSR count). The number of nitrogens with zero attached hydrogens (tertiary/aromatic N) is 2. The van der Waals surface area contributed by atoms with Crippen LogP contribution in [0.4, 0.5) is 11.4 Å². The van der Waals surface area contributed by atoms with Crippen molar-refractivity contribution in [3.05, 3.63) is 118 Å². The Hall–Kier alpha value is -3.92. The predicted molar refractivity (Wildman–Crippen MR) is 170 cm³/mol. The molecule has 0 spiro atoms. The van der Waals surface area contributed by atoms with Gasteiger partial charge >= 0.3 is 0 Å². The lowest BCUT2D eigenvalue weighted by molar-refractivity contribution is 0.0934. The molecule has 4 nitrogen and oxygen atoms in total. The Kier molecular flexibility index (Phi) is 8.87. The second-order valence-corrected chi connectivity index (χ2v) is 11.2. The maximum atomic E-state index is 14.3. The van der Waals surface area contributed by atoms with Gasteiger partial charge in [0, 0.05) is 35.5 Å². The van der Waals surface area contributed by atoms with Gasteiger partial charge in [0.2, 0.25) is 0 Å². The van der Waals surface area contributed by atoms with Gasteiger partial charge in [-0.15, -0.1) is 0 Å². The van der Waals surface area contributed by atoms with E-state index >= 15 is 0 Å². The second kappa shape index (κ2) is 12.7. The fourth-order valence-electron chi connectivity index (χ4n) is 6.44. The van der Waals surface area contributed by atoms with Gasteiger partial charge in [-0.05, 0) is 47.9 Å². The summed E-state index contributed by atoms with van der Waals surface area (Å²) in [5.41, 5.74) is 9.00. The largest absolute Gasteiger partial charge is 0.301 e. The number of carbonyl (C=O) groups excluding carboxylic acids is 2. The first-order valence-electron chi connectivity index (χ1n) is 15.4. The highest BCUT2D eigenvalue weighted by atomic mass is 16.1. The zero-order chi connectivity index (χ0) is 28.9. The molecule has 3 aromatic rings. The van der Waals surface area contributed by atoms with Crippen LogP contribution in [0.25, 0.3) is 0 Å². The van der Waals surface area contributed by atoms with Crippen LogP contribution in [0.2, 0.25) is 0 Å². The highest BCUT2D eigenvalue weighted by Gasteiger charge is 2.37. The number of hydrogen-bond acceptors (Lipinski definition) is 4. The first-order chi connectivity index (χ1) is 20.0. The van der Waals surface area contributed by atoms with E-state index in [1.807, 2.05) is 12.1 Å². The van der Waals surface area contributed by atoms with Crippen LogP contribution in [0.3, 0.4) is 0 Å². The number of benzene rings is 3. The van der Waals surface area contributed by atoms with Gasteiger partial charge in [-0.3, -0.25) is 9.59 Å².